The van der Waals surface area contributed by atoms with Gasteiger partial charge in [-0.05, 0) is 18.2 Å². The van der Waals surface area contributed by atoms with Crippen LogP contribution in [0.5, 0.6) is 0 Å². The molecule has 3 nitrogen and oxygen atoms in total. The zero-order valence-electron chi connectivity index (χ0n) is 9.07. The highest BCUT2D eigenvalue weighted by Crippen LogP contribution is 2.29. The van der Waals surface area contributed by atoms with E-state index in [1.807, 2.05) is 6.07 Å². The summed E-state index contributed by atoms with van der Waals surface area (Å²) in [6.07, 6.45) is 0.832. The lowest BCUT2D eigenvalue weighted by molar-refractivity contribution is 0.112. The van der Waals surface area contributed by atoms with E-state index in [0.717, 1.165) is 22.9 Å². The number of hydrogen-bond donors (Lipinski definition) is 0. The molecular weight excluding hydrogens is 190 g/mol. The van der Waals surface area contributed by atoms with E-state index in [0.29, 0.717) is 5.56 Å². The summed E-state index contributed by atoms with van der Waals surface area (Å²) in [6, 6.07) is 5.33. The monoisotopic (exact) mass is 203 g/mol. The molecule has 0 unspecified atom stereocenters. The largest absolute Gasteiger partial charge is 0.356 e. The molecule has 1 heterocycles. The summed E-state index contributed by atoms with van der Waals surface area (Å²) in [5.74, 6) is 0. The van der Waals surface area contributed by atoms with Gasteiger partial charge < -0.3 is 4.52 Å². The van der Waals surface area contributed by atoms with Crippen LogP contribution < -0.4 is 0 Å². The van der Waals surface area contributed by atoms with Gasteiger partial charge in [-0.1, -0.05) is 25.9 Å². The third-order valence-corrected chi connectivity index (χ3v) is 2.34. The van der Waals surface area contributed by atoms with E-state index in [1.54, 1.807) is 12.1 Å². The summed E-state index contributed by atoms with van der Waals surface area (Å²) in [7, 11) is 0. The minimum Gasteiger partial charge on any atom is -0.356 e. The predicted octanol–water partition coefficient (Wildman–Crippen LogP) is 2.94. The average Bonchev–Trinajstić information content (AvgIpc) is 2.59. The minimum absolute atomic E-state index is 0.0766. The second-order valence-corrected chi connectivity index (χ2v) is 4.65. The van der Waals surface area contributed by atoms with Gasteiger partial charge in [0.25, 0.3) is 0 Å². The number of aromatic nitrogens is 1. The van der Waals surface area contributed by atoms with E-state index >= 15 is 0 Å². The minimum atomic E-state index is -0.0766. The topological polar surface area (TPSA) is 43.1 Å². The molecule has 1 aromatic carbocycles. The molecule has 1 aromatic heterocycles. The fourth-order valence-corrected chi connectivity index (χ4v) is 1.57. The van der Waals surface area contributed by atoms with Crippen molar-refractivity contribution in [2.24, 2.45) is 0 Å². The first-order valence-electron chi connectivity index (χ1n) is 4.87. The van der Waals surface area contributed by atoms with Crippen LogP contribution in [0.15, 0.2) is 22.7 Å². The van der Waals surface area contributed by atoms with Gasteiger partial charge in [0.05, 0.1) is 5.69 Å². The normalized spacial score (nSPS) is 11.9. The number of carbonyl (C=O) groups excluding carboxylic acids is 1. The second-order valence-electron chi connectivity index (χ2n) is 4.65. The summed E-state index contributed by atoms with van der Waals surface area (Å²) in [5, 5.41) is 4.97. The van der Waals surface area contributed by atoms with Crippen molar-refractivity contribution in [1.82, 2.24) is 5.16 Å². The van der Waals surface area contributed by atoms with Crippen molar-refractivity contribution in [2.75, 3.05) is 0 Å². The summed E-state index contributed by atoms with van der Waals surface area (Å²) < 4.78 is 5.21. The van der Waals surface area contributed by atoms with Gasteiger partial charge >= 0.3 is 0 Å². The molecule has 0 fully saturated rings. The van der Waals surface area contributed by atoms with Gasteiger partial charge in [0.15, 0.2) is 5.58 Å². The SMILES string of the molecule is CC(C)(C)c1noc2ccc(C=O)cc12. The number of aldehydes is 1. The number of benzene rings is 1. The van der Waals surface area contributed by atoms with E-state index in [-0.39, 0.29) is 5.41 Å². The third kappa shape index (κ3) is 1.65. The highest BCUT2D eigenvalue weighted by atomic mass is 16.5. The molecule has 0 spiro atoms. The van der Waals surface area contributed by atoms with Gasteiger partial charge in [-0.15, -0.1) is 0 Å². The molecular formula is C12H13NO2. The molecule has 0 aliphatic heterocycles. The Balaban J connectivity index is 2.72. The lowest BCUT2D eigenvalue weighted by Gasteiger charge is -2.14. The maximum absolute atomic E-state index is 10.7. The molecule has 0 saturated carbocycles. The van der Waals surface area contributed by atoms with Crippen LogP contribution in [0, 0.1) is 0 Å². The van der Waals surface area contributed by atoms with Crippen LogP contribution >= 0.6 is 0 Å². The Morgan fingerprint density at radius 2 is 2.07 bits per heavy atom. The van der Waals surface area contributed by atoms with Crippen LogP contribution in [-0.4, -0.2) is 11.4 Å². The van der Waals surface area contributed by atoms with E-state index in [1.165, 1.54) is 0 Å². The Bertz CT molecular complexity index is 506. The Hall–Kier alpha value is -1.64. The standard InChI is InChI=1S/C12H13NO2/c1-12(2,3)11-9-6-8(7-14)4-5-10(9)15-13-11/h4-7H,1-3H3. The van der Waals surface area contributed by atoms with Crippen LogP contribution in [0.4, 0.5) is 0 Å². The summed E-state index contributed by atoms with van der Waals surface area (Å²) in [4.78, 5) is 10.7. The summed E-state index contributed by atoms with van der Waals surface area (Å²) >= 11 is 0. The van der Waals surface area contributed by atoms with Gasteiger partial charge in [0.2, 0.25) is 0 Å². The van der Waals surface area contributed by atoms with E-state index in [2.05, 4.69) is 25.9 Å². The first kappa shape index (κ1) is 9.90. The van der Waals surface area contributed by atoms with Crippen molar-refractivity contribution in [3.05, 3.63) is 29.5 Å². The zero-order valence-corrected chi connectivity index (χ0v) is 9.07. The second kappa shape index (κ2) is 3.19. The lowest BCUT2D eigenvalue weighted by atomic mass is 9.89. The Morgan fingerprint density at radius 1 is 1.33 bits per heavy atom. The van der Waals surface area contributed by atoms with E-state index in [9.17, 15) is 4.79 Å². The van der Waals surface area contributed by atoms with Crippen molar-refractivity contribution in [3.8, 4) is 0 Å². The Kier molecular flexibility index (Phi) is 2.11. The first-order valence-corrected chi connectivity index (χ1v) is 4.87. The third-order valence-electron chi connectivity index (χ3n) is 2.34. The molecule has 0 bridgehead atoms. The zero-order chi connectivity index (χ0) is 11.1. The van der Waals surface area contributed by atoms with Crippen molar-refractivity contribution in [2.45, 2.75) is 26.2 Å². The first-order chi connectivity index (χ1) is 7.02. The van der Waals surface area contributed by atoms with Gasteiger partial charge in [-0.3, -0.25) is 4.79 Å². The van der Waals surface area contributed by atoms with Crippen LogP contribution in [0.2, 0.25) is 0 Å². The molecule has 15 heavy (non-hydrogen) atoms. The lowest BCUT2D eigenvalue weighted by Crippen LogP contribution is -2.11. The van der Waals surface area contributed by atoms with Gasteiger partial charge in [0, 0.05) is 16.4 Å². The Labute approximate surface area is 88.1 Å². The molecule has 0 amide bonds. The predicted molar refractivity (Wildman–Crippen MR) is 58.1 cm³/mol. The Morgan fingerprint density at radius 3 is 2.67 bits per heavy atom. The summed E-state index contributed by atoms with van der Waals surface area (Å²) in [5.41, 5.74) is 2.19. The maximum atomic E-state index is 10.7. The average molecular weight is 203 g/mol. The van der Waals surface area contributed by atoms with Gasteiger partial charge in [-0.25, -0.2) is 0 Å². The number of rotatable bonds is 1. The van der Waals surface area contributed by atoms with Crippen LogP contribution in [0.1, 0.15) is 36.8 Å². The van der Waals surface area contributed by atoms with Crippen molar-refractivity contribution in [3.63, 3.8) is 0 Å². The molecule has 0 radical (unpaired) electrons. The molecule has 0 aliphatic carbocycles. The molecule has 2 aromatic rings. The van der Waals surface area contributed by atoms with Crippen molar-refractivity contribution in [1.29, 1.82) is 0 Å². The number of fused-ring (bicyclic) bond motifs is 1. The van der Waals surface area contributed by atoms with Crippen molar-refractivity contribution < 1.29 is 9.32 Å². The summed E-state index contributed by atoms with van der Waals surface area (Å²) in [6.45, 7) is 6.20. The quantitative estimate of drug-likeness (QED) is 0.669. The van der Waals surface area contributed by atoms with Gasteiger partial charge in [0.1, 0.15) is 6.29 Å². The fourth-order valence-electron chi connectivity index (χ4n) is 1.57. The maximum Gasteiger partial charge on any atom is 0.167 e. The molecule has 0 aliphatic rings. The molecule has 2 rings (SSSR count). The highest BCUT2D eigenvalue weighted by Gasteiger charge is 2.21. The smallest absolute Gasteiger partial charge is 0.167 e. The molecule has 3 heteroatoms. The van der Waals surface area contributed by atoms with Crippen molar-refractivity contribution >= 4 is 17.3 Å². The molecule has 0 saturated heterocycles. The van der Waals surface area contributed by atoms with E-state index < -0.39 is 0 Å². The molecule has 0 atom stereocenters. The van der Waals surface area contributed by atoms with Crippen LogP contribution in [0.3, 0.4) is 0 Å². The number of hydrogen-bond acceptors (Lipinski definition) is 3. The van der Waals surface area contributed by atoms with Crippen LogP contribution in [0.25, 0.3) is 11.0 Å². The van der Waals surface area contributed by atoms with Gasteiger partial charge in [-0.2, -0.15) is 0 Å². The van der Waals surface area contributed by atoms with Crippen LogP contribution in [-0.2, 0) is 5.41 Å². The van der Waals surface area contributed by atoms with E-state index in [4.69, 9.17) is 4.52 Å². The number of carbonyl (C=O) groups is 1. The highest BCUT2D eigenvalue weighted by molar-refractivity contribution is 5.87. The molecule has 78 valence electrons. The fraction of sp³-hybridized carbons (Fsp3) is 0.333. The number of nitrogens with zero attached hydrogens (tertiary/aromatic N) is 1. The molecule has 0 N–H and O–H groups in total.